The molecule has 0 radical (unpaired) electrons. The predicted molar refractivity (Wildman–Crippen MR) is 148 cm³/mol. The number of nitrogens with zero attached hydrogens (tertiary/aromatic N) is 5. The number of pyridine rings is 1. The van der Waals surface area contributed by atoms with E-state index in [1.807, 2.05) is 4.72 Å². The second kappa shape index (κ2) is 10.9. The summed E-state index contributed by atoms with van der Waals surface area (Å²) in [7, 11) is -2.97. The largest absolute Gasteiger partial charge is 0.488 e. The molecule has 15 heteroatoms. The third-order valence-electron chi connectivity index (χ3n) is 7.09. The minimum Gasteiger partial charge on any atom is -0.488 e. The van der Waals surface area contributed by atoms with Crippen LogP contribution in [0.5, 0.6) is 5.75 Å². The lowest BCUT2D eigenvalue weighted by Crippen LogP contribution is -2.42. The Morgan fingerprint density at radius 1 is 1.27 bits per heavy atom. The molecule has 0 aliphatic carbocycles. The molecule has 3 aromatic heterocycles. The summed E-state index contributed by atoms with van der Waals surface area (Å²) in [4.78, 5) is 23.0. The minimum atomic E-state index is -4.25. The van der Waals surface area contributed by atoms with Crippen molar-refractivity contribution in [2.24, 2.45) is 0 Å². The van der Waals surface area contributed by atoms with Crippen molar-refractivity contribution < 1.29 is 31.5 Å². The van der Waals surface area contributed by atoms with Gasteiger partial charge >= 0.3 is 10.2 Å². The average molecular weight is 605 g/mol. The highest BCUT2D eigenvalue weighted by molar-refractivity contribution is 7.91. The molecule has 1 N–H and O–H groups in total. The van der Waals surface area contributed by atoms with Gasteiger partial charge in [0.05, 0.1) is 31.1 Å². The van der Waals surface area contributed by atoms with Crippen LogP contribution in [0, 0.1) is 5.82 Å². The van der Waals surface area contributed by atoms with Crippen LogP contribution < -0.4 is 18.7 Å². The van der Waals surface area contributed by atoms with Gasteiger partial charge < -0.3 is 14.4 Å². The van der Waals surface area contributed by atoms with Crippen molar-refractivity contribution in [2.45, 2.75) is 31.2 Å². The normalized spacial score (nSPS) is 21.0. The van der Waals surface area contributed by atoms with E-state index in [2.05, 4.69) is 9.97 Å². The highest BCUT2D eigenvalue weighted by atomic mass is 32.2. The second-order valence-corrected chi connectivity index (χ2v) is 12.3. The van der Waals surface area contributed by atoms with Gasteiger partial charge in [-0.25, -0.2) is 27.8 Å². The van der Waals surface area contributed by atoms with Crippen molar-refractivity contribution in [2.75, 3.05) is 36.0 Å². The number of amides is 1. The molecule has 2 saturated heterocycles. The maximum atomic E-state index is 14.9. The number of fused-ring (bicyclic) bond motifs is 1. The van der Waals surface area contributed by atoms with Crippen LogP contribution in [-0.4, -0.2) is 67.8 Å². The minimum absolute atomic E-state index is 0.0296. The fraction of sp³-hybridized carbons (Fsp3) is 0.346. The summed E-state index contributed by atoms with van der Waals surface area (Å²) in [6, 6.07) is 7.04. The van der Waals surface area contributed by atoms with E-state index in [1.54, 1.807) is 34.7 Å². The number of halogens is 2. The number of aromatic nitrogens is 3. The van der Waals surface area contributed by atoms with Gasteiger partial charge in [-0.3, -0.25) is 9.20 Å². The Balaban J connectivity index is 1.30. The summed E-state index contributed by atoms with van der Waals surface area (Å²) >= 11 is 1.10. The second-order valence-electron chi connectivity index (χ2n) is 9.76. The maximum absolute atomic E-state index is 14.9. The van der Waals surface area contributed by atoms with Crippen molar-refractivity contribution in [3.63, 3.8) is 0 Å². The number of imidazole rings is 1. The number of hydrogen-bond acceptors (Lipinski definition) is 9. The quantitative estimate of drug-likeness (QED) is 0.325. The van der Waals surface area contributed by atoms with Crippen molar-refractivity contribution in [1.82, 2.24) is 19.1 Å². The van der Waals surface area contributed by atoms with Gasteiger partial charge in [-0.1, -0.05) is 0 Å². The first kappa shape index (κ1) is 27.4. The zero-order valence-corrected chi connectivity index (χ0v) is 23.4. The van der Waals surface area contributed by atoms with Gasteiger partial charge in [-0.2, -0.15) is 8.42 Å². The Labute approximate surface area is 238 Å². The topological polar surface area (TPSA) is 118 Å². The lowest BCUT2D eigenvalue weighted by Gasteiger charge is -2.29. The summed E-state index contributed by atoms with van der Waals surface area (Å²) in [5.74, 6) is -0.909. The smallest absolute Gasteiger partial charge is 0.328 e. The van der Waals surface area contributed by atoms with E-state index < -0.39 is 34.1 Å². The number of nitrogens with one attached hydrogen (secondary N) is 1. The van der Waals surface area contributed by atoms with Gasteiger partial charge in [0.2, 0.25) is 0 Å². The molecule has 1 amide bonds. The zero-order chi connectivity index (χ0) is 28.7. The van der Waals surface area contributed by atoms with Crippen molar-refractivity contribution >= 4 is 43.9 Å². The standard InChI is InChI=1S/C26H26F2N6O5S2/c1-32(26-29-7-9-40-26)41(36,37)31-25(35)22-12-30-24-5-3-18(14-34(22)24)33-13-17(28)11-21(33)20-10-16(27)2-4-23(20)39-19-6-8-38-15-19/h2-5,7,9-10,12,14,17,19,21H,6,8,11,13,15H2,1H3,(H,31,35)/t17-,19?,21+/m0/s1. The van der Waals surface area contributed by atoms with Crippen molar-refractivity contribution in [3.8, 4) is 5.75 Å². The molecular weight excluding hydrogens is 578 g/mol. The molecular formula is C26H26F2N6O5S2. The molecule has 0 saturated carbocycles. The van der Waals surface area contributed by atoms with Gasteiger partial charge in [-0.05, 0) is 30.3 Å². The lowest BCUT2D eigenvalue weighted by molar-refractivity contribution is 0.0975. The molecule has 5 heterocycles. The molecule has 11 nitrogen and oxygen atoms in total. The molecule has 4 aromatic rings. The van der Waals surface area contributed by atoms with Crippen LogP contribution in [0.25, 0.3) is 5.65 Å². The number of hydrogen-bond donors (Lipinski definition) is 1. The molecule has 2 aliphatic rings. The summed E-state index contributed by atoms with van der Waals surface area (Å²) in [6.45, 7) is 1.03. The summed E-state index contributed by atoms with van der Waals surface area (Å²) in [6.07, 6.45) is 3.74. The first-order valence-corrected chi connectivity index (χ1v) is 15.1. The number of carbonyl (C=O) groups excluding carboxylic acids is 1. The number of ether oxygens (including phenoxy) is 2. The molecule has 41 heavy (non-hydrogen) atoms. The Morgan fingerprint density at radius 3 is 2.88 bits per heavy atom. The van der Waals surface area contributed by atoms with E-state index in [-0.39, 0.29) is 29.9 Å². The molecule has 6 rings (SSSR count). The van der Waals surface area contributed by atoms with Crippen molar-refractivity contribution in [3.05, 3.63) is 71.4 Å². The highest BCUT2D eigenvalue weighted by Gasteiger charge is 2.36. The zero-order valence-electron chi connectivity index (χ0n) is 21.8. The van der Waals surface area contributed by atoms with Crippen LogP contribution in [0.1, 0.15) is 34.9 Å². The van der Waals surface area contributed by atoms with E-state index in [1.165, 1.54) is 36.0 Å². The van der Waals surface area contributed by atoms with E-state index in [9.17, 15) is 22.0 Å². The summed E-state index contributed by atoms with van der Waals surface area (Å²) < 4.78 is 70.8. The van der Waals surface area contributed by atoms with Gasteiger partial charge in [-0.15, -0.1) is 11.3 Å². The maximum Gasteiger partial charge on any atom is 0.328 e. The highest BCUT2D eigenvalue weighted by Crippen LogP contribution is 2.42. The van der Waals surface area contributed by atoms with Crippen LogP contribution in [0.15, 0.2) is 54.3 Å². The summed E-state index contributed by atoms with van der Waals surface area (Å²) in [5, 5.41) is 1.80. The van der Waals surface area contributed by atoms with E-state index >= 15 is 0 Å². The Bertz CT molecular complexity index is 1680. The monoisotopic (exact) mass is 604 g/mol. The molecule has 0 spiro atoms. The van der Waals surface area contributed by atoms with Crippen LogP contribution in [0.3, 0.4) is 0 Å². The van der Waals surface area contributed by atoms with Crippen molar-refractivity contribution in [1.29, 1.82) is 0 Å². The SMILES string of the molecule is CN(c1nccs1)S(=O)(=O)NC(=O)c1cnc2ccc(N3C[C@@H](F)C[C@@H]3c3cc(F)ccc3OC3CCOC3)cn12. The third kappa shape index (κ3) is 5.44. The molecule has 2 fully saturated rings. The van der Waals surface area contributed by atoms with Crippen LogP contribution in [0.2, 0.25) is 0 Å². The van der Waals surface area contributed by atoms with Gasteiger partial charge in [0.15, 0.2) is 5.13 Å². The van der Waals surface area contributed by atoms with E-state index in [0.717, 1.165) is 15.6 Å². The Kier molecular flexibility index (Phi) is 7.25. The van der Waals surface area contributed by atoms with E-state index in [4.69, 9.17) is 9.47 Å². The van der Waals surface area contributed by atoms with Gasteiger partial charge in [0.1, 0.15) is 35.2 Å². The molecule has 3 atom stereocenters. The van der Waals surface area contributed by atoms with Crippen LogP contribution in [0.4, 0.5) is 19.6 Å². The van der Waals surface area contributed by atoms with Gasteiger partial charge in [0, 0.05) is 49.8 Å². The Hall–Kier alpha value is -3.82. The number of carbonyl (C=O) groups is 1. The van der Waals surface area contributed by atoms with Gasteiger partial charge in [0.25, 0.3) is 5.91 Å². The average Bonchev–Trinajstić information content (AvgIpc) is 3.76. The molecule has 2 aliphatic heterocycles. The first-order valence-electron chi connectivity index (χ1n) is 12.8. The molecule has 216 valence electrons. The molecule has 1 unspecified atom stereocenters. The fourth-order valence-electron chi connectivity index (χ4n) is 5.06. The number of thiazole rings is 1. The fourth-order valence-corrected chi connectivity index (χ4v) is 6.72. The predicted octanol–water partition coefficient (Wildman–Crippen LogP) is 3.50. The number of alkyl halides is 1. The lowest BCUT2D eigenvalue weighted by atomic mass is 10.0. The number of anilines is 2. The number of rotatable bonds is 8. The summed E-state index contributed by atoms with van der Waals surface area (Å²) in [5.41, 5.74) is 1.39. The molecule has 1 aromatic carbocycles. The van der Waals surface area contributed by atoms with Crippen LogP contribution >= 0.6 is 11.3 Å². The third-order valence-corrected chi connectivity index (χ3v) is 9.39. The van der Waals surface area contributed by atoms with E-state index in [0.29, 0.717) is 42.3 Å². The number of benzene rings is 1. The molecule has 0 bridgehead atoms. The van der Waals surface area contributed by atoms with Crippen LogP contribution in [-0.2, 0) is 14.9 Å². The Morgan fingerprint density at radius 2 is 2.12 bits per heavy atom. The first-order chi connectivity index (χ1) is 19.7.